The first-order valence-corrected chi connectivity index (χ1v) is 6.25. The summed E-state index contributed by atoms with van der Waals surface area (Å²) in [4.78, 5) is 21.1. The number of nitro benzene ring substituents is 1. The Labute approximate surface area is 124 Å². The van der Waals surface area contributed by atoms with Crippen LogP contribution >= 0.6 is 11.6 Å². The Hall–Kier alpha value is -2.60. The van der Waals surface area contributed by atoms with E-state index in [1.54, 1.807) is 18.2 Å². The molecule has 21 heavy (non-hydrogen) atoms. The summed E-state index contributed by atoms with van der Waals surface area (Å²) < 4.78 is 5.43. The fourth-order valence-electron chi connectivity index (χ4n) is 1.74. The molecule has 0 atom stereocenters. The Kier molecular flexibility index (Phi) is 4.39. The third-order valence-corrected chi connectivity index (χ3v) is 3.06. The molecule has 0 aromatic heterocycles. The van der Waals surface area contributed by atoms with Crippen LogP contribution in [0.5, 0.6) is 5.75 Å². The molecule has 0 saturated heterocycles. The van der Waals surface area contributed by atoms with E-state index in [1.165, 1.54) is 24.3 Å². The monoisotopic (exact) mass is 307 g/mol. The van der Waals surface area contributed by atoms with Gasteiger partial charge in [0.25, 0.3) is 5.69 Å². The molecule has 0 heterocycles. The van der Waals surface area contributed by atoms with Crippen molar-refractivity contribution in [3.63, 3.8) is 0 Å². The van der Waals surface area contributed by atoms with Crippen molar-refractivity contribution in [1.29, 1.82) is 0 Å². The fourth-order valence-corrected chi connectivity index (χ4v) is 1.98. The summed E-state index contributed by atoms with van der Waals surface area (Å²) in [7, 11) is 0. The predicted octanol–water partition coefficient (Wildman–Crippen LogP) is 3.53. The van der Waals surface area contributed by atoms with E-state index in [2.05, 4.69) is 0 Å². The highest BCUT2D eigenvalue weighted by atomic mass is 35.5. The number of carboxylic acids is 1. The molecule has 0 aliphatic carbocycles. The summed E-state index contributed by atoms with van der Waals surface area (Å²) in [5, 5.41) is 19.7. The van der Waals surface area contributed by atoms with E-state index < -0.39 is 10.9 Å². The predicted molar refractivity (Wildman–Crippen MR) is 75.8 cm³/mol. The van der Waals surface area contributed by atoms with Crippen LogP contribution in [-0.2, 0) is 6.61 Å². The Morgan fingerprint density at radius 2 is 2.00 bits per heavy atom. The van der Waals surface area contributed by atoms with Gasteiger partial charge in [0, 0.05) is 17.7 Å². The number of ether oxygens (including phenoxy) is 1. The number of halogens is 1. The van der Waals surface area contributed by atoms with Gasteiger partial charge in [0.1, 0.15) is 17.4 Å². The van der Waals surface area contributed by atoms with Gasteiger partial charge in [-0.3, -0.25) is 10.1 Å². The van der Waals surface area contributed by atoms with Crippen molar-refractivity contribution in [2.75, 3.05) is 0 Å². The van der Waals surface area contributed by atoms with Gasteiger partial charge in [0.2, 0.25) is 0 Å². The van der Waals surface area contributed by atoms with Gasteiger partial charge in [-0.05, 0) is 12.1 Å². The topological polar surface area (TPSA) is 89.7 Å². The quantitative estimate of drug-likeness (QED) is 0.674. The average molecular weight is 308 g/mol. The van der Waals surface area contributed by atoms with Crippen molar-refractivity contribution < 1.29 is 19.6 Å². The molecular weight excluding hydrogens is 298 g/mol. The standard InChI is InChI=1S/C14H10ClNO5/c15-12-7-10(5-6-13(12)16(19)20)21-8-9-3-1-2-4-11(9)14(17)18/h1-7H,8H2,(H,17,18). The Morgan fingerprint density at radius 1 is 1.29 bits per heavy atom. The molecular formula is C14H10ClNO5. The zero-order valence-corrected chi connectivity index (χ0v) is 11.4. The van der Waals surface area contributed by atoms with Crippen molar-refractivity contribution in [1.82, 2.24) is 0 Å². The molecule has 7 heteroatoms. The lowest BCUT2D eigenvalue weighted by atomic mass is 10.1. The van der Waals surface area contributed by atoms with Crippen molar-refractivity contribution in [2.24, 2.45) is 0 Å². The molecule has 0 aliphatic heterocycles. The normalized spacial score (nSPS) is 10.1. The lowest BCUT2D eigenvalue weighted by Crippen LogP contribution is -2.05. The number of benzene rings is 2. The Morgan fingerprint density at radius 3 is 2.62 bits per heavy atom. The minimum Gasteiger partial charge on any atom is -0.489 e. The molecule has 1 N–H and O–H groups in total. The summed E-state index contributed by atoms with van der Waals surface area (Å²) in [6.07, 6.45) is 0. The molecule has 6 nitrogen and oxygen atoms in total. The SMILES string of the molecule is O=C(O)c1ccccc1COc1ccc([N+](=O)[O-])c(Cl)c1. The minimum atomic E-state index is -1.05. The van der Waals surface area contributed by atoms with Gasteiger partial charge in [-0.15, -0.1) is 0 Å². The van der Waals surface area contributed by atoms with Crippen LogP contribution in [0, 0.1) is 10.1 Å². The van der Waals surface area contributed by atoms with E-state index in [1.807, 2.05) is 0 Å². The smallest absolute Gasteiger partial charge is 0.336 e. The van der Waals surface area contributed by atoms with Crippen LogP contribution in [-0.4, -0.2) is 16.0 Å². The lowest BCUT2D eigenvalue weighted by molar-refractivity contribution is -0.384. The highest BCUT2D eigenvalue weighted by Gasteiger charge is 2.13. The van der Waals surface area contributed by atoms with Crippen LogP contribution in [0.4, 0.5) is 5.69 Å². The van der Waals surface area contributed by atoms with Gasteiger partial charge in [-0.25, -0.2) is 4.79 Å². The molecule has 2 aromatic rings. The number of nitro groups is 1. The van der Waals surface area contributed by atoms with E-state index in [0.717, 1.165) is 0 Å². The first-order chi connectivity index (χ1) is 9.99. The number of carboxylic acid groups (broad SMARTS) is 1. The zero-order chi connectivity index (χ0) is 15.4. The van der Waals surface area contributed by atoms with Gasteiger partial charge in [-0.1, -0.05) is 29.8 Å². The molecule has 0 bridgehead atoms. The molecule has 0 saturated carbocycles. The maximum Gasteiger partial charge on any atom is 0.336 e. The first kappa shape index (κ1) is 14.8. The number of aromatic carboxylic acids is 1. The summed E-state index contributed by atoms with van der Waals surface area (Å²) in [6.45, 7) is 0.0244. The van der Waals surface area contributed by atoms with E-state index in [4.69, 9.17) is 21.4 Å². The lowest BCUT2D eigenvalue weighted by Gasteiger charge is -2.09. The molecule has 0 spiro atoms. The second-order valence-electron chi connectivity index (χ2n) is 4.12. The summed E-state index contributed by atoms with van der Waals surface area (Å²) in [5.74, 6) is -0.721. The number of hydrogen-bond donors (Lipinski definition) is 1. The number of nitrogens with zero attached hydrogens (tertiary/aromatic N) is 1. The molecule has 0 aliphatic rings. The summed E-state index contributed by atoms with van der Waals surface area (Å²) in [5.41, 5.74) is 0.430. The van der Waals surface area contributed by atoms with Gasteiger partial charge < -0.3 is 9.84 Å². The van der Waals surface area contributed by atoms with Crippen LogP contribution in [0.2, 0.25) is 5.02 Å². The van der Waals surface area contributed by atoms with Crippen molar-refractivity contribution >= 4 is 23.3 Å². The van der Waals surface area contributed by atoms with Gasteiger partial charge >= 0.3 is 5.97 Å². The third kappa shape index (κ3) is 3.49. The third-order valence-electron chi connectivity index (χ3n) is 2.76. The maximum absolute atomic E-state index is 11.1. The zero-order valence-electron chi connectivity index (χ0n) is 10.7. The van der Waals surface area contributed by atoms with Crippen LogP contribution in [0.15, 0.2) is 42.5 Å². The molecule has 108 valence electrons. The number of rotatable bonds is 5. The summed E-state index contributed by atoms with van der Waals surface area (Å²) >= 11 is 5.77. The van der Waals surface area contributed by atoms with Crippen LogP contribution in [0.1, 0.15) is 15.9 Å². The Balaban J connectivity index is 2.16. The average Bonchev–Trinajstić information content (AvgIpc) is 2.45. The molecule has 0 unspecified atom stereocenters. The molecule has 2 rings (SSSR count). The summed E-state index contributed by atoms with van der Waals surface area (Å²) in [6, 6.07) is 10.4. The second kappa shape index (κ2) is 6.23. The Bertz CT molecular complexity index is 702. The van der Waals surface area contributed by atoms with Crippen LogP contribution in [0.25, 0.3) is 0 Å². The molecule has 0 radical (unpaired) electrons. The highest BCUT2D eigenvalue weighted by Crippen LogP contribution is 2.28. The van der Waals surface area contributed by atoms with Gasteiger partial charge in [-0.2, -0.15) is 0 Å². The first-order valence-electron chi connectivity index (χ1n) is 5.87. The molecule has 0 amide bonds. The number of carbonyl (C=O) groups is 1. The number of hydrogen-bond acceptors (Lipinski definition) is 4. The van der Waals surface area contributed by atoms with Crippen LogP contribution in [0.3, 0.4) is 0 Å². The van der Waals surface area contributed by atoms with E-state index >= 15 is 0 Å². The van der Waals surface area contributed by atoms with E-state index in [-0.39, 0.29) is 22.9 Å². The largest absolute Gasteiger partial charge is 0.489 e. The van der Waals surface area contributed by atoms with Crippen molar-refractivity contribution in [3.05, 3.63) is 68.7 Å². The molecule has 0 fully saturated rings. The van der Waals surface area contributed by atoms with Gasteiger partial charge in [0.05, 0.1) is 10.5 Å². The fraction of sp³-hybridized carbons (Fsp3) is 0.0714. The highest BCUT2D eigenvalue weighted by molar-refractivity contribution is 6.32. The van der Waals surface area contributed by atoms with Crippen molar-refractivity contribution in [3.8, 4) is 5.75 Å². The van der Waals surface area contributed by atoms with Crippen molar-refractivity contribution in [2.45, 2.75) is 6.61 Å². The van der Waals surface area contributed by atoms with E-state index in [0.29, 0.717) is 11.3 Å². The second-order valence-corrected chi connectivity index (χ2v) is 4.53. The minimum absolute atomic E-state index is 0.0244. The van der Waals surface area contributed by atoms with E-state index in [9.17, 15) is 14.9 Å². The van der Waals surface area contributed by atoms with Crippen LogP contribution < -0.4 is 4.74 Å². The molecule has 2 aromatic carbocycles. The maximum atomic E-state index is 11.1. The van der Waals surface area contributed by atoms with Gasteiger partial charge in [0.15, 0.2) is 0 Å².